The molecule has 6 heteroatoms. The Kier molecular flexibility index (Phi) is 4.04. The van der Waals surface area contributed by atoms with Crippen molar-refractivity contribution in [2.45, 2.75) is 0 Å². The Bertz CT molecular complexity index is 888. The minimum atomic E-state index is -0.417. The molecule has 0 aliphatic carbocycles. The predicted molar refractivity (Wildman–Crippen MR) is 90.2 cm³/mol. The van der Waals surface area contributed by atoms with E-state index < -0.39 is 5.78 Å². The van der Waals surface area contributed by atoms with E-state index >= 15 is 0 Å². The van der Waals surface area contributed by atoms with Gasteiger partial charge < -0.3 is 24.4 Å². The summed E-state index contributed by atoms with van der Waals surface area (Å²) in [6.07, 6.45) is 0. The molecule has 6 nitrogen and oxygen atoms in total. The molecule has 0 unspecified atom stereocenters. The number of methoxy groups -OCH3 is 3. The number of carbonyl (C=O) groups excluding carboxylic acids is 1. The molecule has 0 amide bonds. The Hall–Kier alpha value is -3.15. The van der Waals surface area contributed by atoms with Gasteiger partial charge >= 0.3 is 0 Å². The number of hydrogen-bond acceptors (Lipinski definition) is 6. The lowest BCUT2D eigenvalue weighted by Gasteiger charge is -2.13. The van der Waals surface area contributed by atoms with E-state index in [1.807, 2.05) is 12.1 Å². The summed E-state index contributed by atoms with van der Waals surface area (Å²) in [7, 11) is 4.45. The van der Waals surface area contributed by atoms with Crippen LogP contribution >= 0.6 is 0 Å². The number of nitrogen functional groups attached to an aromatic ring is 1. The molecule has 0 saturated heterocycles. The van der Waals surface area contributed by atoms with Crippen LogP contribution in [0.2, 0.25) is 0 Å². The highest BCUT2D eigenvalue weighted by Crippen LogP contribution is 2.38. The minimum absolute atomic E-state index is 0.0537. The number of anilines is 1. The van der Waals surface area contributed by atoms with E-state index in [1.54, 1.807) is 24.3 Å². The Morgan fingerprint density at radius 2 is 1.62 bits per heavy atom. The maximum atomic E-state index is 13.0. The van der Waals surface area contributed by atoms with Crippen molar-refractivity contribution in [2.75, 3.05) is 27.1 Å². The summed E-state index contributed by atoms with van der Waals surface area (Å²) in [6.45, 7) is 0. The predicted octanol–water partition coefficient (Wildman–Crippen LogP) is 3.27. The third-order valence-corrected chi connectivity index (χ3v) is 3.78. The summed E-state index contributed by atoms with van der Waals surface area (Å²) in [4.78, 5) is 13.0. The van der Waals surface area contributed by atoms with Crippen LogP contribution in [0.1, 0.15) is 16.1 Å². The fourth-order valence-corrected chi connectivity index (χ4v) is 2.58. The molecule has 24 heavy (non-hydrogen) atoms. The summed E-state index contributed by atoms with van der Waals surface area (Å²) < 4.78 is 21.5. The highest BCUT2D eigenvalue weighted by atomic mass is 16.5. The first-order valence-corrected chi connectivity index (χ1v) is 7.22. The molecule has 0 radical (unpaired) electrons. The number of furan rings is 1. The fraction of sp³-hybridized carbons (Fsp3) is 0.167. The highest BCUT2D eigenvalue weighted by molar-refractivity contribution is 6.17. The molecule has 2 aromatic carbocycles. The summed E-state index contributed by atoms with van der Waals surface area (Å²) in [5.41, 5.74) is 7.16. The molecule has 3 aromatic rings. The summed E-state index contributed by atoms with van der Waals surface area (Å²) in [5, 5.41) is 0.687. The lowest BCUT2D eigenvalue weighted by Crippen LogP contribution is -2.08. The average molecular weight is 327 g/mol. The Labute approximate surface area is 138 Å². The van der Waals surface area contributed by atoms with Gasteiger partial charge in [-0.25, -0.2) is 0 Å². The van der Waals surface area contributed by atoms with E-state index in [-0.39, 0.29) is 17.0 Å². The number of rotatable bonds is 5. The van der Waals surface area contributed by atoms with Crippen LogP contribution in [0.3, 0.4) is 0 Å². The van der Waals surface area contributed by atoms with Crippen molar-refractivity contribution in [3.63, 3.8) is 0 Å². The Morgan fingerprint density at radius 3 is 2.17 bits per heavy atom. The first-order valence-electron chi connectivity index (χ1n) is 7.22. The van der Waals surface area contributed by atoms with Crippen LogP contribution in [-0.4, -0.2) is 27.1 Å². The zero-order valence-corrected chi connectivity index (χ0v) is 13.6. The fourth-order valence-electron chi connectivity index (χ4n) is 2.58. The lowest BCUT2D eigenvalue weighted by molar-refractivity contribution is 0.101. The first-order chi connectivity index (χ1) is 11.6. The average Bonchev–Trinajstić information content (AvgIpc) is 2.97. The van der Waals surface area contributed by atoms with E-state index in [2.05, 4.69) is 0 Å². The normalized spacial score (nSPS) is 10.6. The molecule has 0 spiro atoms. The zero-order chi connectivity index (χ0) is 17.3. The van der Waals surface area contributed by atoms with Crippen molar-refractivity contribution in [3.05, 3.63) is 47.7 Å². The molecule has 2 N–H and O–H groups in total. The molecule has 0 aliphatic rings. The number of fused-ring (bicyclic) bond motifs is 1. The second kappa shape index (κ2) is 6.16. The van der Waals surface area contributed by atoms with Gasteiger partial charge in [0.1, 0.15) is 28.4 Å². The molecular weight excluding hydrogens is 310 g/mol. The quantitative estimate of drug-likeness (QED) is 0.724. The van der Waals surface area contributed by atoms with Gasteiger partial charge in [0.15, 0.2) is 5.76 Å². The number of hydrogen-bond donors (Lipinski definition) is 1. The van der Waals surface area contributed by atoms with Crippen molar-refractivity contribution in [3.8, 4) is 17.2 Å². The number of nitrogens with two attached hydrogens (primary N) is 1. The number of ketones is 1. The van der Waals surface area contributed by atoms with Crippen LogP contribution in [0.25, 0.3) is 11.0 Å². The highest BCUT2D eigenvalue weighted by Gasteiger charge is 2.27. The molecular formula is C18H17NO5. The van der Waals surface area contributed by atoms with E-state index in [0.29, 0.717) is 28.2 Å². The molecule has 1 aromatic heterocycles. The third kappa shape index (κ3) is 2.42. The van der Waals surface area contributed by atoms with Crippen LogP contribution in [-0.2, 0) is 0 Å². The zero-order valence-electron chi connectivity index (χ0n) is 13.6. The molecule has 3 rings (SSSR count). The molecule has 0 bridgehead atoms. The van der Waals surface area contributed by atoms with Gasteiger partial charge in [-0.1, -0.05) is 12.1 Å². The van der Waals surface area contributed by atoms with Crippen molar-refractivity contribution in [1.29, 1.82) is 0 Å². The molecule has 0 aliphatic heterocycles. The van der Waals surface area contributed by atoms with Crippen molar-refractivity contribution in [2.24, 2.45) is 0 Å². The second-order valence-corrected chi connectivity index (χ2v) is 5.08. The van der Waals surface area contributed by atoms with Crippen LogP contribution in [0.4, 0.5) is 5.69 Å². The third-order valence-electron chi connectivity index (χ3n) is 3.78. The molecule has 0 fully saturated rings. The van der Waals surface area contributed by atoms with Gasteiger partial charge in [0.2, 0.25) is 5.78 Å². The van der Waals surface area contributed by atoms with Crippen molar-refractivity contribution < 1.29 is 23.4 Å². The SMILES string of the molecule is COc1cc(OC)c(C(=O)c2oc3ccccc3c2N)c(OC)c1. The van der Waals surface area contributed by atoms with Crippen LogP contribution in [0.5, 0.6) is 17.2 Å². The number of carbonyl (C=O) groups is 1. The maximum Gasteiger partial charge on any atom is 0.237 e. The van der Waals surface area contributed by atoms with Gasteiger partial charge in [0.25, 0.3) is 0 Å². The second-order valence-electron chi connectivity index (χ2n) is 5.08. The van der Waals surface area contributed by atoms with E-state index in [1.165, 1.54) is 21.3 Å². The van der Waals surface area contributed by atoms with Gasteiger partial charge in [-0.15, -0.1) is 0 Å². The molecule has 0 atom stereocenters. The van der Waals surface area contributed by atoms with Gasteiger partial charge in [0.05, 0.1) is 27.0 Å². The Morgan fingerprint density at radius 1 is 1.00 bits per heavy atom. The smallest absolute Gasteiger partial charge is 0.237 e. The van der Waals surface area contributed by atoms with Gasteiger partial charge in [-0.3, -0.25) is 4.79 Å². The van der Waals surface area contributed by atoms with Gasteiger partial charge in [-0.05, 0) is 12.1 Å². The summed E-state index contributed by atoms with van der Waals surface area (Å²) in [5.74, 6) is 0.781. The standard InChI is InChI=1S/C18H17NO5/c1-21-10-8-13(22-2)15(14(9-10)23-3)17(20)18-16(19)11-6-4-5-7-12(11)24-18/h4-9H,19H2,1-3H3. The molecule has 0 saturated carbocycles. The van der Waals surface area contributed by atoms with E-state index in [9.17, 15) is 4.79 Å². The lowest BCUT2D eigenvalue weighted by atomic mass is 10.0. The first kappa shape index (κ1) is 15.7. The van der Waals surface area contributed by atoms with Crippen LogP contribution in [0, 0.1) is 0 Å². The monoisotopic (exact) mass is 327 g/mol. The molecule has 124 valence electrons. The Balaban J connectivity index is 2.20. The summed E-state index contributed by atoms with van der Waals surface area (Å²) >= 11 is 0. The van der Waals surface area contributed by atoms with Gasteiger partial charge in [-0.2, -0.15) is 0 Å². The molecule has 1 heterocycles. The minimum Gasteiger partial charge on any atom is -0.496 e. The van der Waals surface area contributed by atoms with Crippen LogP contribution < -0.4 is 19.9 Å². The van der Waals surface area contributed by atoms with E-state index in [0.717, 1.165) is 0 Å². The largest absolute Gasteiger partial charge is 0.496 e. The van der Waals surface area contributed by atoms with Crippen LogP contribution in [0.15, 0.2) is 40.8 Å². The maximum absolute atomic E-state index is 13.0. The van der Waals surface area contributed by atoms with Gasteiger partial charge in [0, 0.05) is 17.5 Å². The van der Waals surface area contributed by atoms with Crippen molar-refractivity contribution >= 4 is 22.4 Å². The van der Waals surface area contributed by atoms with E-state index in [4.69, 9.17) is 24.4 Å². The number of para-hydroxylation sites is 1. The topological polar surface area (TPSA) is 83.9 Å². The number of benzene rings is 2. The van der Waals surface area contributed by atoms with Crippen molar-refractivity contribution in [1.82, 2.24) is 0 Å². The number of ether oxygens (including phenoxy) is 3. The summed E-state index contributed by atoms with van der Waals surface area (Å²) in [6, 6.07) is 10.4.